The Balaban J connectivity index is 1.88. The van der Waals surface area contributed by atoms with Gasteiger partial charge in [-0.3, -0.25) is 4.98 Å². The van der Waals surface area contributed by atoms with E-state index in [4.69, 9.17) is 27.9 Å². The average Bonchev–Trinajstić information content (AvgIpc) is 2.48. The SMILES string of the molecule is CCCNCc1ccc(OCc2ccc(Cl)cc2Cl)cn1. The van der Waals surface area contributed by atoms with Crippen LogP contribution in [-0.2, 0) is 13.2 Å². The van der Waals surface area contributed by atoms with E-state index in [1.54, 1.807) is 18.3 Å². The number of halogens is 2. The van der Waals surface area contributed by atoms with Crippen molar-refractivity contribution in [2.75, 3.05) is 6.54 Å². The number of nitrogens with zero attached hydrogens (tertiary/aromatic N) is 1. The van der Waals surface area contributed by atoms with Gasteiger partial charge >= 0.3 is 0 Å². The second-order valence-corrected chi connectivity index (χ2v) is 5.53. The molecular formula is C16H18Cl2N2O. The van der Waals surface area contributed by atoms with Crippen molar-refractivity contribution in [2.24, 2.45) is 0 Å². The highest BCUT2D eigenvalue weighted by Gasteiger charge is 2.03. The summed E-state index contributed by atoms with van der Waals surface area (Å²) in [7, 11) is 0. The summed E-state index contributed by atoms with van der Waals surface area (Å²) in [6.45, 7) is 4.30. The van der Waals surface area contributed by atoms with Crippen molar-refractivity contribution in [3.8, 4) is 5.75 Å². The first-order valence-corrected chi connectivity index (χ1v) is 7.67. The fourth-order valence-corrected chi connectivity index (χ4v) is 2.26. The molecule has 0 atom stereocenters. The maximum Gasteiger partial charge on any atom is 0.138 e. The summed E-state index contributed by atoms with van der Waals surface area (Å²) in [6.07, 6.45) is 2.84. The van der Waals surface area contributed by atoms with Crippen molar-refractivity contribution in [2.45, 2.75) is 26.5 Å². The molecule has 0 radical (unpaired) electrons. The molecule has 0 unspecified atom stereocenters. The van der Waals surface area contributed by atoms with Crippen LogP contribution >= 0.6 is 23.2 Å². The van der Waals surface area contributed by atoms with Crippen LogP contribution in [0.25, 0.3) is 0 Å². The standard InChI is InChI=1S/C16H18Cl2N2O/c1-2-7-19-9-14-5-6-15(10-20-14)21-11-12-3-4-13(17)8-16(12)18/h3-6,8,10,19H,2,7,9,11H2,1H3. The van der Waals surface area contributed by atoms with Gasteiger partial charge in [0.2, 0.25) is 0 Å². The molecule has 0 saturated heterocycles. The van der Waals surface area contributed by atoms with Gasteiger partial charge in [-0.2, -0.15) is 0 Å². The zero-order valence-corrected chi connectivity index (χ0v) is 13.4. The van der Waals surface area contributed by atoms with Crippen LogP contribution in [0.2, 0.25) is 10.0 Å². The van der Waals surface area contributed by atoms with Gasteiger partial charge < -0.3 is 10.1 Å². The summed E-state index contributed by atoms with van der Waals surface area (Å²) in [4.78, 5) is 4.36. The van der Waals surface area contributed by atoms with Crippen LogP contribution in [0.3, 0.4) is 0 Å². The minimum absolute atomic E-state index is 0.394. The molecule has 2 aromatic rings. The molecule has 2 rings (SSSR count). The topological polar surface area (TPSA) is 34.1 Å². The van der Waals surface area contributed by atoms with Crippen LogP contribution in [0.5, 0.6) is 5.75 Å². The van der Waals surface area contributed by atoms with Gasteiger partial charge in [-0.15, -0.1) is 0 Å². The third kappa shape index (κ3) is 5.20. The van der Waals surface area contributed by atoms with Gasteiger partial charge in [0.1, 0.15) is 12.4 Å². The van der Waals surface area contributed by atoms with Crippen LogP contribution in [0.4, 0.5) is 0 Å². The highest BCUT2D eigenvalue weighted by molar-refractivity contribution is 6.35. The van der Waals surface area contributed by atoms with Gasteiger partial charge in [-0.25, -0.2) is 0 Å². The summed E-state index contributed by atoms with van der Waals surface area (Å²) in [5, 5.41) is 4.54. The van der Waals surface area contributed by atoms with Crippen molar-refractivity contribution >= 4 is 23.2 Å². The molecular weight excluding hydrogens is 307 g/mol. The molecule has 0 aliphatic heterocycles. The lowest BCUT2D eigenvalue weighted by Gasteiger charge is -2.09. The predicted octanol–water partition coefficient (Wildman–Crippen LogP) is 4.47. The van der Waals surface area contributed by atoms with Crippen LogP contribution < -0.4 is 10.1 Å². The van der Waals surface area contributed by atoms with Crippen LogP contribution in [-0.4, -0.2) is 11.5 Å². The molecule has 1 heterocycles. The number of hydrogen-bond donors (Lipinski definition) is 1. The minimum atomic E-state index is 0.394. The molecule has 0 amide bonds. The number of hydrogen-bond acceptors (Lipinski definition) is 3. The van der Waals surface area contributed by atoms with Crippen LogP contribution in [0, 0.1) is 0 Å². The summed E-state index contributed by atoms with van der Waals surface area (Å²) in [5.74, 6) is 0.722. The van der Waals surface area contributed by atoms with Crippen molar-refractivity contribution in [1.29, 1.82) is 0 Å². The molecule has 1 aromatic heterocycles. The Morgan fingerprint density at radius 2 is 2.05 bits per heavy atom. The van der Waals surface area contributed by atoms with Crippen molar-refractivity contribution in [1.82, 2.24) is 10.3 Å². The summed E-state index contributed by atoms with van der Waals surface area (Å²) >= 11 is 12.0. The number of pyridine rings is 1. The highest BCUT2D eigenvalue weighted by Crippen LogP contribution is 2.22. The van der Waals surface area contributed by atoms with Gasteiger partial charge in [0, 0.05) is 22.2 Å². The fraction of sp³-hybridized carbons (Fsp3) is 0.312. The van der Waals surface area contributed by atoms with Crippen molar-refractivity contribution in [3.05, 3.63) is 57.8 Å². The van der Waals surface area contributed by atoms with E-state index in [9.17, 15) is 0 Å². The Morgan fingerprint density at radius 3 is 2.71 bits per heavy atom. The Hall–Kier alpha value is -1.29. The van der Waals surface area contributed by atoms with E-state index in [1.807, 2.05) is 18.2 Å². The third-order valence-corrected chi connectivity index (χ3v) is 3.53. The van der Waals surface area contributed by atoms with Gasteiger partial charge in [-0.05, 0) is 37.2 Å². The fourth-order valence-electron chi connectivity index (χ4n) is 1.79. The Kier molecular flexibility index (Phi) is 6.30. The molecule has 0 fully saturated rings. The lowest BCUT2D eigenvalue weighted by atomic mass is 10.2. The molecule has 0 bridgehead atoms. The summed E-state index contributed by atoms with van der Waals surface area (Å²) in [5.41, 5.74) is 1.90. The van der Waals surface area contributed by atoms with E-state index in [0.29, 0.717) is 16.7 Å². The lowest BCUT2D eigenvalue weighted by Crippen LogP contribution is -2.14. The predicted molar refractivity (Wildman–Crippen MR) is 87.0 cm³/mol. The zero-order chi connectivity index (χ0) is 15.1. The Labute approximate surface area is 135 Å². The number of rotatable bonds is 7. The number of aromatic nitrogens is 1. The van der Waals surface area contributed by atoms with Gasteiger partial charge in [0.15, 0.2) is 0 Å². The molecule has 3 nitrogen and oxygen atoms in total. The number of ether oxygens (including phenoxy) is 1. The molecule has 1 N–H and O–H groups in total. The van der Waals surface area contributed by atoms with Crippen molar-refractivity contribution in [3.63, 3.8) is 0 Å². The summed E-state index contributed by atoms with van der Waals surface area (Å²) in [6, 6.07) is 9.25. The van der Waals surface area contributed by atoms with E-state index in [-0.39, 0.29) is 0 Å². The molecule has 21 heavy (non-hydrogen) atoms. The molecule has 1 aromatic carbocycles. The Morgan fingerprint density at radius 1 is 1.19 bits per heavy atom. The first kappa shape index (κ1) is 16.1. The van der Waals surface area contributed by atoms with Gasteiger partial charge in [0.25, 0.3) is 0 Å². The maximum atomic E-state index is 6.10. The normalized spacial score (nSPS) is 10.6. The number of nitrogens with one attached hydrogen (secondary N) is 1. The van der Waals surface area contributed by atoms with Crippen LogP contribution in [0.15, 0.2) is 36.5 Å². The van der Waals surface area contributed by atoms with E-state index in [2.05, 4.69) is 17.2 Å². The molecule has 0 spiro atoms. The monoisotopic (exact) mass is 324 g/mol. The smallest absolute Gasteiger partial charge is 0.138 e. The molecule has 0 aliphatic carbocycles. The summed E-state index contributed by atoms with van der Waals surface area (Å²) < 4.78 is 5.68. The van der Waals surface area contributed by atoms with Crippen molar-refractivity contribution < 1.29 is 4.74 Å². The quantitative estimate of drug-likeness (QED) is 0.763. The minimum Gasteiger partial charge on any atom is -0.487 e. The van der Waals surface area contributed by atoms with Gasteiger partial charge in [0.05, 0.1) is 11.9 Å². The molecule has 112 valence electrons. The highest BCUT2D eigenvalue weighted by atomic mass is 35.5. The second kappa shape index (κ2) is 8.23. The van der Waals surface area contributed by atoms with Crippen LogP contribution in [0.1, 0.15) is 24.6 Å². The molecule has 0 saturated carbocycles. The van der Waals surface area contributed by atoms with E-state index >= 15 is 0 Å². The third-order valence-electron chi connectivity index (χ3n) is 2.94. The maximum absolute atomic E-state index is 6.10. The zero-order valence-electron chi connectivity index (χ0n) is 11.9. The lowest BCUT2D eigenvalue weighted by molar-refractivity contribution is 0.305. The largest absolute Gasteiger partial charge is 0.487 e. The van der Waals surface area contributed by atoms with E-state index < -0.39 is 0 Å². The second-order valence-electron chi connectivity index (χ2n) is 4.69. The first-order chi connectivity index (χ1) is 10.2. The number of benzene rings is 1. The van der Waals surface area contributed by atoms with Gasteiger partial charge in [-0.1, -0.05) is 36.2 Å². The first-order valence-electron chi connectivity index (χ1n) is 6.91. The average molecular weight is 325 g/mol. The van der Waals surface area contributed by atoms with E-state index in [1.165, 1.54) is 0 Å². The van der Waals surface area contributed by atoms with E-state index in [0.717, 1.165) is 36.5 Å². The molecule has 0 aliphatic rings. The Bertz CT molecular complexity index is 573. The molecule has 5 heteroatoms.